The predicted octanol–water partition coefficient (Wildman–Crippen LogP) is 3.61. The molecule has 3 heterocycles. The number of hydrogen-bond donors (Lipinski definition) is 6. The number of fused-ring (bicyclic) bond motifs is 18. The summed E-state index contributed by atoms with van der Waals surface area (Å²) in [5.74, 6) is -3.68. The molecule has 1 aliphatic carbocycles. The Hall–Kier alpha value is -4.65. The fourth-order valence-corrected chi connectivity index (χ4v) is 7.79. The van der Waals surface area contributed by atoms with Crippen LogP contribution in [0, 0.1) is 5.92 Å². The zero-order chi connectivity index (χ0) is 36.2. The number of carbonyl (C=O) groups is 6. The first kappa shape index (κ1) is 37.6. The summed E-state index contributed by atoms with van der Waals surface area (Å²) in [6, 6.07) is 11.2. The van der Waals surface area contributed by atoms with E-state index in [9.17, 15) is 33.9 Å². The van der Waals surface area contributed by atoms with Gasteiger partial charge in [0.15, 0.2) is 0 Å². The molecule has 0 radical (unpaired) electrons. The van der Waals surface area contributed by atoms with Gasteiger partial charge in [-0.1, -0.05) is 80.6 Å². The lowest BCUT2D eigenvalue weighted by Crippen LogP contribution is -2.59. The normalized spacial score (nSPS) is 25.9. The Morgan fingerprint density at radius 1 is 0.725 bits per heavy atom. The second-order valence-electron chi connectivity index (χ2n) is 13.6. The number of thioether (sulfide) groups is 1. The van der Waals surface area contributed by atoms with Crippen molar-refractivity contribution in [3.8, 4) is 0 Å². The highest BCUT2D eigenvalue weighted by atomic mass is 32.2. The lowest BCUT2D eigenvalue weighted by molar-refractivity contribution is -0.142. The third-order valence-corrected chi connectivity index (χ3v) is 10.7. The van der Waals surface area contributed by atoms with Gasteiger partial charge in [0.1, 0.15) is 24.2 Å². The van der Waals surface area contributed by atoms with E-state index in [2.05, 4.69) is 26.6 Å². The summed E-state index contributed by atoms with van der Waals surface area (Å²) in [6.07, 6.45) is 8.13. The maximum atomic E-state index is 14.2. The fourth-order valence-electron chi connectivity index (χ4n) is 6.82. The Bertz CT molecular complexity index is 1570. The van der Waals surface area contributed by atoms with E-state index >= 15 is 0 Å². The topological polar surface area (TPSA) is 183 Å². The number of rotatable bonds is 7. The first-order valence-corrected chi connectivity index (χ1v) is 18.7. The van der Waals surface area contributed by atoms with Gasteiger partial charge in [-0.25, -0.2) is 4.79 Å². The molecule has 4 aliphatic rings. The average molecular weight is 718 g/mol. The first-order valence-electron chi connectivity index (χ1n) is 17.8. The number of aliphatic carboxylic acids is 1. The molecule has 2 aromatic rings. The van der Waals surface area contributed by atoms with Gasteiger partial charge in [-0.15, -0.1) is 11.8 Å². The standard InChI is InChI=1S/C38H47N5O7S/c44-33-17-18-34(45)40-31(23-28-12-7-19-51-28)37(48)42-29(20-24-8-3-1-4-9-24)35(46)41-30(21-25-10-5-2-6-11-25)36(47)43-32(38(49)50)22-26-13-15-27(39-33)16-14-26/h2,5-7,10-11,13-16,19,24,28-32H,1,3-4,8-9,12,17-18,20-23H2,(H,39,44)(H,40,45)(H,41,46)(H,42,48)(H,43,47)(H,49,50)/t28?,29-,30+,31+,32-/m0/s1. The molecular weight excluding hydrogens is 671 g/mol. The summed E-state index contributed by atoms with van der Waals surface area (Å²) in [5, 5.41) is 26.0. The van der Waals surface area contributed by atoms with Crippen LogP contribution in [-0.4, -0.2) is 70.0 Å². The van der Waals surface area contributed by atoms with Crippen LogP contribution in [0.5, 0.6) is 0 Å². The van der Waals surface area contributed by atoms with Gasteiger partial charge in [0.2, 0.25) is 29.5 Å². The van der Waals surface area contributed by atoms with Crippen molar-refractivity contribution in [2.24, 2.45) is 5.92 Å². The molecule has 1 unspecified atom stereocenters. The zero-order valence-corrected chi connectivity index (χ0v) is 29.4. The number of benzene rings is 2. The van der Waals surface area contributed by atoms with Gasteiger partial charge in [0.05, 0.1) is 0 Å². The number of carboxylic acid groups (broad SMARTS) is 1. The molecule has 0 aromatic heterocycles. The third-order valence-electron chi connectivity index (χ3n) is 9.63. The van der Waals surface area contributed by atoms with E-state index in [4.69, 9.17) is 0 Å². The van der Waals surface area contributed by atoms with E-state index in [0.29, 0.717) is 24.1 Å². The molecule has 5 amide bonds. The van der Waals surface area contributed by atoms with Crippen LogP contribution >= 0.6 is 11.8 Å². The summed E-state index contributed by atoms with van der Waals surface area (Å²) < 4.78 is 0. The Labute approximate surface area is 302 Å². The van der Waals surface area contributed by atoms with Crippen LogP contribution in [0.2, 0.25) is 0 Å². The smallest absolute Gasteiger partial charge is 0.326 e. The van der Waals surface area contributed by atoms with Crippen LogP contribution < -0.4 is 26.6 Å². The Morgan fingerprint density at radius 3 is 2.04 bits per heavy atom. The SMILES string of the molecule is O=C1CCC(=O)N[C@H](CC2CC=CS2)C(=O)N[C@@H](CC2CCCCC2)C(=O)N[C@H](Cc2ccccc2)C(=O)N[C@H](C(=O)O)Cc2ccc(cc2)N1. The highest BCUT2D eigenvalue weighted by Crippen LogP contribution is 2.29. The van der Waals surface area contributed by atoms with Crippen LogP contribution in [0.1, 0.15) is 75.3 Å². The lowest BCUT2D eigenvalue weighted by Gasteiger charge is -2.30. The Kier molecular flexibility index (Phi) is 13.7. The van der Waals surface area contributed by atoms with Crippen LogP contribution in [0.15, 0.2) is 66.1 Å². The molecule has 13 heteroatoms. The largest absolute Gasteiger partial charge is 0.480 e. The molecule has 6 N–H and O–H groups in total. The van der Waals surface area contributed by atoms with Crippen molar-refractivity contribution in [3.05, 3.63) is 77.2 Å². The molecule has 1 fully saturated rings. The van der Waals surface area contributed by atoms with Gasteiger partial charge in [0, 0.05) is 36.6 Å². The highest BCUT2D eigenvalue weighted by molar-refractivity contribution is 8.03. The quantitative estimate of drug-likeness (QED) is 0.235. The molecule has 5 atom stereocenters. The minimum atomic E-state index is -1.30. The van der Waals surface area contributed by atoms with E-state index in [0.717, 1.165) is 44.1 Å². The van der Waals surface area contributed by atoms with Crippen molar-refractivity contribution in [1.82, 2.24) is 21.3 Å². The molecule has 0 spiro atoms. The van der Waals surface area contributed by atoms with E-state index < -0.39 is 59.7 Å². The van der Waals surface area contributed by atoms with E-state index in [1.165, 1.54) is 0 Å². The van der Waals surface area contributed by atoms with Gasteiger partial charge in [-0.05, 0) is 53.8 Å². The highest BCUT2D eigenvalue weighted by Gasteiger charge is 2.34. The Balaban J connectivity index is 1.46. The van der Waals surface area contributed by atoms with Gasteiger partial charge >= 0.3 is 5.97 Å². The van der Waals surface area contributed by atoms with Gasteiger partial charge in [-0.3, -0.25) is 24.0 Å². The van der Waals surface area contributed by atoms with Gasteiger partial charge < -0.3 is 31.7 Å². The van der Waals surface area contributed by atoms with Crippen molar-refractivity contribution >= 4 is 53.0 Å². The number of nitrogens with one attached hydrogen (secondary N) is 5. The maximum absolute atomic E-state index is 14.2. The molecule has 6 rings (SSSR count). The molecule has 0 saturated heterocycles. The molecule has 51 heavy (non-hydrogen) atoms. The van der Waals surface area contributed by atoms with Crippen molar-refractivity contribution in [2.75, 3.05) is 5.32 Å². The van der Waals surface area contributed by atoms with Crippen molar-refractivity contribution in [2.45, 2.75) is 106 Å². The maximum Gasteiger partial charge on any atom is 0.326 e. The molecule has 1 saturated carbocycles. The van der Waals surface area contributed by atoms with Crippen molar-refractivity contribution in [1.29, 1.82) is 0 Å². The second kappa shape index (κ2) is 18.5. The third kappa shape index (κ3) is 11.7. The van der Waals surface area contributed by atoms with E-state index in [-0.39, 0.29) is 36.9 Å². The number of carbonyl (C=O) groups excluding carboxylic acids is 5. The summed E-state index contributed by atoms with van der Waals surface area (Å²) >= 11 is 1.57. The number of anilines is 1. The van der Waals surface area contributed by atoms with Gasteiger partial charge in [-0.2, -0.15) is 0 Å². The lowest BCUT2D eigenvalue weighted by atomic mass is 9.84. The van der Waals surface area contributed by atoms with Crippen LogP contribution in [0.25, 0.3) is 0 Å². The molecule has 2 aromatic carbocycles. The molecule has 2 bridgehead atoms. The first-order chi connectivity index (χ1) is 24.6. The summed E-state index contributed by atoms with van der Waals surface area (Å²) in [4.78, 5) is 80.2. The van der Waals surface area contributed by atoms with Crippen LogP contribution in [-0.2, 0) is 41.6 Å². The predicted molar refractivity (Wildman–Crippen MR) is 194 cm³/mol. The summed E-state index contributed by atoms with van der Waals surface area (Å²) in [6.45, 7) is 0. The number of hydrogen-bond acceptors (Lipinski definition) is 7. The van der Waals surface area contributed by atoms with E-state index in [1.54, 1.807) is 36.0 Å². The van der Waals surface area contributed by atoms with Crippen LogP contribution in [0.4, 0.5) is 5.69 Å². The van der Waals surface area contributed by atoms with Gasteiger partial charge in [0.25, 0.3) is 0 Å². The molecule has 3 aliphatic heterocycles. The number of allylic oxidation sites excluding steroid dienone is 1. The number of amides is 5. The summed E-state index contributed by atoms with van der Waals surface area (Å²) in [5.41, 5.74) is 1.82. The molecule has 272 valence electrons. The minimum absolute atomic E-state index is 0.0436. The van der Waals surface area contributed by atoms with Crippen molar-refractivity contribution < 1.29 is 33.9 Å². The summed E-state index contributed by atoms with van der Waals surface area (Å²) in [7, 11) is 0. The van der Waals surface area contributed by atoms with Crippen LogP contribution in [0.3, 0.4) is 0 Å². The second-order valence-corrected chi connectivity index (χ2v) is 14.8. The van der Waals surface area contributed by atoms with Crippen molar-refractivity contribution in [3.63, 3.8) is 0 Å². The monoisotopic (exact) mass is 717 g/mol. The average Bonchev–Trinajstić information content (AvgIpc) is 3.64. The number of carboxylic acids is 1. The zero-order valence-electron chi connectivity index (χ0n) is 28.6. The minimum Gasteiger partial charge on any atom is -0.480 e. The molecule has 12 nitrogen and oxygen atoms in total. The fraction of sp³-hybridized carbons (Fsp3) is 0.474. The Morgan fingerprint density at radius 2 is 1.37 bits per heavy atom. The van der Waals surface area contributed by atoms with E-state index in [1.807, 2.05) is 41.8 Å². The molecular formula is C38H47N5O7S.